The summed E-state index contributed by atoms with van der Waals surface area (Å²) in [5, 5.41) is 0. The minimum absolute atomic E-state index is 0.0121. The highest BCUT2D eigenvalue weighted by molar-refractivity contribution is 6.99. The third-order valence-corrected chi connectivity index (χ3v) is 6.09. The first-order valence-electron chi connectivity index (χ1n) is 10.9. The minimum atomic E-state index is -3.58. The lowest BCUT2D eigenvalue weighted by atomic mass is 9.34. The molecule has 0 unspecified atom stereocenters. The van der Waals surface area contributed by atoms with Crippen molar-refractivity contribution in [2.24, 2.45) is 0 Å². The number of hydrogen-bond donors (Lipinski definition) is 0. The third-order valence-electron chi connectivity index (χ3n) is 5.83. The minimum Gasteiger partial charge on any atom is -0.204 e. The Labute approximate surface area is 225 Å². The Balaban J connectivity index is 2.66. The summed E-state index contributed by atoms with van der Waals surface area (Å²) >= 11 is 5.46. The van der Waals surface area contributed by atoms with Gasteiger partial charge in [-0.2, -0.15) is 0 Å². The number of unbranched alkanes of at least 4 members (excludes halogenated alkanes) is 2. The zero-order valence-electron chi connectivity index (χ0n) is 19.5. The van der Waals surface area contributed by atoms with Gasteiger partial charge in [-0.05, 0) is 19.3 Å². The van der Waals surface area contributed by atoms with Crippen LogP contribution in [0.3, 0.4) is 0 Å². The molecule has 0 N–H and O–H groups in total. The Hall–Kier alpha value is -3.30. The summed E-state index contributed by atoms with van der Waals surface area (Å²) in [6.45, 7) is -3.58. The molecular formula is C24H9BClF15. The normalized spacial score (nSPS) is 12.0. The lowest BCUT2D eigenvalue weighted by Crippen LogP contribution is -2.52. The largest absolute Gasteiger partial charge is 0.257 e. The van der Waals surface area contributed by atoms with Gasteiger partial charge in [-0.3, -0.25) is 0 Å². The molecule has 0 aliphatic rings. The molecular weight excluding hydrogens is 619 g/mol. The van der Waals surface area contributed by atoms with Crippen LogP contribution in [0.15, 0.2) is 6.08 Å². The predicted molar refractivity (Wildman–Crippen MR) is 116 cm³/mol. The number of halogens is 16. The molecule has 0 heterocycles. The van der Waals surface area contributed by atoms with Gasteiger partial charge >= 0.3 is 0 Å². The van der Waals surface area contributed by atoms with Crippen molar-refractivity contribution in [3.05, 3.63) is 98.9 Å². The van der Waals surface area contributed by atoms with Crippen molar-refractivity contribution in [1.29, 1.82) is 0 Å². The van der Waals surface area contributed by atoms with E-state index in [1.165, 1.54) is 0 Å². The fraction of sp³-hybridized carbons (Fsp3) is 0.167. The highest BCUT2D eigenvalue weighted by Crippen LogP contribution is 2.33. The van der Waals surface area contributed by atoms with Crippen LogP contribution in [-0.4, -0.2) is 12.6 Å². The number of hydrogen-bond acceptors (Lipinski definition) is 0. The summed E-state index contributed by atoms with van der Waals surface area (Å²) in [7, 11) is 0. The average molecular weight is 629 g/mol. The molecule has 0 aliphatic carbocycles. The highest BCUT2D eigenvalue weighted by atomic mass is 35.5. The molecule has 0 bridgehead atoms. The Bertz CT molecular complexity index is 1410. The van der Waals surface area contributed by atoms with E-state index in [2.05, 4.69) is 0 Å². The van der Waals surface area contributed by atoms with Crippen LogP contribution < -0.4 is 10.9 Å². The van der Waals surface area contributed by atoms with Crippen molar-refractivity contribution in [3.8, 4) is 0 Å². The van der Waals surface area contributed by atoms with Crippen molar-refractivity contribution in [3.63, 3.8) is 0 Å². The van der Waals surface area contributed by atoms with Crippen molar-refractivity contribution in [2.75, 3.05) is 5.88 Å². The van der Waals surface area contributed by atoms with Gasteiger partial charge in [0.2, 0.25) is 5.82 Å². The Kier molecular flexibility index (Phi) is 9.66. The topological polar surface area (TPSA) is 0 Å². The van der Waals surface area contributed by atoms with Crippen molar-refractivity contribution < 1.29 is 65.9 Å². The van der Waals surface area contributed by atoms with Crippen LogP contribution in [-0.2, 0) is 0 Å². The van der Waals surface area contributed by atoms with Gasteiger partial charge in [-0.15, -0.1) is 11.6 Å². The van der Waals surface area contributed by atoms with Crippen LogP contribution in [0, 0.1) is 87.3 Å². The first kappa shape index (κ1) is 32.2. The van der Waals surface area contributed by atoms with E-state index >= 15 is 0 Å². The van der Waals surface area contributed by atoms with E-state index in [0.29, 0.717) is 6.08 Å². The van der Waals surface area contributed by atoms with Crippen LogP contribution in [0.1, 0.15) is 24.8 Å². The van der Waals surface area contributed by atoms with Gasteiger partial charge in [0.25, 0.3) is 6.71 Å². The molecule has 0 saturated carbocycles. The van der Waals surface area contributed by atoms with Crippen molar-refractivity contribution >= 4 is 34.7 Å². The molecule has 220 valence electrons. The fourth-order valence-electron chi connectivity index (χ4n) is 3.92. The fourth-order valence-corrected chi connectivity index (χ4v) is 4.11. The second-order valence-electron chi connectivity index (χ2n) is 8.19. The van der Waals surface area contributed by atoms with Crippen molar-refractivity contribution in [1.82, 2.24) is 0 Å². The van der Waals surface area contributed by atoms with E-state index in [0.717, 1.165) is 0 Å². The van der Waals surface area contributed by atoms with Gasteiger partial charge in [0.15, 0.2) is 81.4 Å². The number of alkyl halides is 1. The Morgan fingerprint density at radius 1 is 0.439 bits per heavy atom. The Morgan fingerprint density at radius 2 is 0.732 bits per heavy atom. The maximum Gasteiger partial charge on any atom is 0.257 e. The van der Waals surface area contributed by atoms with E-state index in [1.807, 2.05) is 0 Å². The van der Waals surface area contributed by atoms with Gasteiger partial charge in [0.05, 0.1) is 0 Å². The SMILES string of the molecule is Fc1c(F)c(F)c(B(/C(=C\CCCCCl)c2c(F)c(F)c(F)c(F)c2F)c2c(F)c(F)c(F)c(F)c2F)c(F)c1F. The Morgan fingerprint density at radius 3 is 1.05 bits per heavy atom. The predicted octanol–water partition coefficient (Wildman–Crippen LogP) is 7.41. The zero-order valence-corrected chi connectivity index (χ0v) is 20.3. The van der Waals surface area contributed by atoms with E-state index in [9.17, 15) is 65.9 Å². The molecule has 17 heteroatoms. The van der Waals surface area contributed by atoms with Crippen LogP contribution >= 0.6 is 11.6 Å². The second kappa shape index (κ2) is 12.3. The number of allylic oxidation sites excluding steroid dienone is 1. The lowest BCUT2D eigenvalue weighted by molar-refractivity contribution is 0.376. The summed E-state index contributed by atoms with van der Waals surface area (Å²) in [5.41, 5.74) is -8.88. The first-order valence-corrected chi connectivity index (χ1v) is 11.4. The number of rotatable bonds is 8. The molecule has 0 radical (unpaired) electrons. The zero-order chi connectivity index (χ0) is 31.1. The molecule has 0 spiro atoms. The first-order chi connectivity index (χ1) is 19.1. The summed E-state index contributed by atoms with van der Waals surface area (Å²) in [4.78, 5) is 0. The van der Waals surface area contributed by atoms with Crippen LogP contribution in [0.2, 0.25) is 0 Å². The second-order valence-corrected chi connectivity index (χ2v) is 8.57. The quantitative estimate of drug-likeness (QED) is 0.0609. The van der Waals surface area contributed by atoms with Crippen molar-refractivity contribution in [2.45, 2.75) is 19.3 Å². The average Bonchev–Trinajstić information content (AvgIpc) is 2.95. The molecule has 0 saturated heterocycles. The highest BCUT2D eigenvalue weighted by Gasteiger charge is 2.44. The van der Waals surface area contributed by atoms with E-state index in [-0.39, 0.29) is 18.7 Å². The molecule has 0 atom stereocenters. The summed E-state index contributed by atoms with van der Waals surface area (Å²) in [6, 6.07) is 0. The van der Waals surface area contributed by atoms with Gasteiger partial charge in [0, 0.05) is 22.4 Å². The van der Waals surface area contributed by atoms with Gasteiger partial charge in [-0.1, -0.05) is 11.5 Å². The maximum absolute atomic E-state index is 15.0. The molecule has 0 nitrogen and oxygen atoms in total. The molecule has 3 rings (SSSR count). The van der Waals surface area contributed by atoms with E-state index < -0.39 is 122 Å². The maximum atomic E-state index is 15.0. The van der Waals surface area contributed by atoms with E-state index in [4.69, 9.17) is 11.6 Å². The standard InChI is InChI=1S/C24H9BClF15/c26-5-3-1-2-4-6(7-10(27)16(33)22(39)17(34)11(7)28)25(8-12(29)18(35)23(40)19(36)13(8)30)9-14(31)20(37)24(41)21(38)15(9)32/h4H,1-3,5H2/b6-4-. The van der Waals surface area contributed by atoms with Crippen LogP contribution in [0.5, 0.6) is 0 Å². The summed E-state index contributed by atoms with van der Waals surface area (Å²) < 4.78 is 216. The molecule has 0 aliphatic heterocycles. The smallest absolute Gasteiger partial charge is 0.204 e. The van der Waals surface area contributed by atoms with Gasteiger partial charge < -0.3 is 0 Å². The lowest BCUT2D eigenvalue weighted by Gasteiger charge is -2.23. The molecule has 41 heavy (non-hydrogen) atoms. The van der Waals surface area contributed by atoms with Crippen LogP contribution in [0.25, 0.3) is 5.47 Å². The molecule has 3 aromatic rings. The summed E-state index contributed by atoms with van der Waals surface area (Å²) in [6.07, 6.45) is -0.518. The number of benzene rings is 3. The third kappa shape index (κ3) is 5.37. The van der Waals surface area contributed by atoms with Gasteiger partial charge in [-0.25, -0.2) is 65.9 Å². The summed E-state index contributed by atoms with van der Waals surface area (Å²) in [5.74, 6) is -43.1. The molecule has 0 amide bonds. The molecule has 0 aromatic heterocycles. The monoisotopic (exact) mass is 628 g/mol. The molecule has 3 aromatic carbocycles. The van der Waals surface area contributed by atoms with Gasteiger partial charge in [0.1, 0.15) is 0 Å². The van der Waals surface area contributed by atoms with E-state index in [1.54, 1.807) is 0 Å². The molecule has 0 fully saturated rings. The van der Waals surface area contributed by atoms with Crippen LogP contribution in [0.4, 0.5) is 65.9 Å².